The third-order valence-corrected chi connectivity index (χ3v) is 3.21. The van der Waals surface area contributed by atoms with Crippen LogP contribution in [-0.2, 0) is 17.5 Å². The van der Waals surface area contributed by atoms with E-state index in [1.54, 1.807) is 0 Å². The van der Waals surface area contributed by atoms with Gasteiger partial charge in [0.15, 0.2) is 5.69 Å². The van der Waals surface area contributed by atoms with E-state index in [2.05, 4.69) is 5.10 Å². The fourth-order valence-electron chi connectivity index (χ4n) is 1.90. The van der Waals surface area contributed by atoms with E-state index < -0.39 is 17.5 Å². The summed E-state index contributed by atoms with van der Waals surface area (Å²) >= 11 is 0. The fraction of sp³-hybridized carbons (Fsp3) is 0.636. The maximum Gasteiger partial charge on any atom is 0.435 e. The van der Waals surface area contributed by atoms with Crippen LogP contribution in [0.1, 0.15) is 19.0 Å². The molecule has 1 saturated heterocycles. The van der Waals surface area contributed by atoms with Gasteiger partial charge < -0.3 is 10.0 Å². The molecular formula is C11H14F3N3O2. The number of carbonyl (C=O) groups excluding carboxylic acids is 1. The molecule has 0 saturated carbocycles. The lowest BCUT2D eigenvalue weighted by molar-refractivity contribution is -0.156. The minimum atomic E-state index is -4.51. The largest absolute Gasteiger partial charge is 0.435 e. The van der Waals surface area contributed by atoms with Crippen LogP contribution in [0.2, 0.25) is 0 Å². The molecule has 1 aliphatic heterocycles. The Balaban J connectivity index is 1.92. The molecule has 106 valence electrons. The highest BCUT2D eigenvalue weighted by Gasteiger charge is 2.42. The molecular weight excluding hydrogens is 263 g/mol. The number of halogens is 3. The van der Waals surface area contributed by atoms with Gasteiger partial charge in [-0.15, -0.1) is 0 Å². The standard InChI is InChI=1S/C11H14F3N3O2/c1-2-10(19)6-16(7-10)9(18)5-17-4-3-8(15-17)11(12,13)14/h3-4,19H,2,5-7H2,1H3. The molecule has 0 radical (unpaired) electrons. The molecule has 0 spiro atoms. The Morgan fingerprint density at radius 1 is 1.53 bits per heavy atom. The molecule has 0 bridgehead atoms. The van der Waals surface area contributed by atoms with E-state index >= 15 is 0 Å². The Kier molecular flexibility index (Phi) is 3.29. The van der Waals surface area contributed by atoms with Crippen molar-refractivity contribution in [3.8, 4) is 0 Å². The first-order valence-electron chi connectivity index (χ1n) is 5.84. The smallest absolute Gasteiger partial charge is 0.386 e. The zero-order valence-corrected chi connectivity index (χ0v) is 10.3. The average molecular weight is 277 g/mol. The molecule has 2 rings (SSSR count). The topological polar surface area (TPSA) is 58.4 Å². The maximum absolute atomic E-state index is 12.3. The van der Waals surface area contributed by atoms with Crippen LogP contribution >= 0.6 is 0 Å². The molecule has 0 atom stereocenters. The highest BCUT2D eigenvalue weighted by molar-refractivity contribution is 5.77. The van der Waals surface area contributed by atoms with Gasteiger partial charge in [0, 0.05) is 6.20 Å². The average Bonchev–Trinajstić information content (AvgIpc) is 2.72. The Morgan fingerprint density at radius 2 is 2.16 bits per heavy atom. The monoisotopic (exact) mass is 277 g/mol. The van der Waals surface area contributed by atoms with Crippen molar-refractivity contribution in [3.63, 3.8) is 0 Å². The number of aromatic nitrogens is 2. The van der Waals surface area contributed by atoms with E-state index in [0.717, 1.165) is 16.9 Å². The number of amides is 1. The van der Waals surface area contributed by atoms with Crippen LogP contribution in [-0.4, -0.2) is 44.4 Å². The van der Waals surface area contributed by atoms with Gasteiger partial charge in [-0.1, -0.05) is 6.92 Å². The molecule has 1 amide bonds. The number of likely N-dealkylation sites (tertiary alicyclic amines) is 1. The summed E-state index contributed by atoms with van der Waals surface area (Å²) < 4.78 is 37.9. The minimum absolute atomic E-state index is 0.218. The van der Waals surface area contributed by atoms with E-state index in [9.17, 15) is 23.1 Å². The van der Waals surface area contributed by atoms with Crippen molar-refractivity contribution >= 4 is 5.91 Å². The van der Waals surface area contributed by atoms with Gasteiger partial charge in [0.25, 0.3) is 0 Å². The lowest BCUT2D eigenvalue weighted by Gasteiger charge is -2.46. The first-order valence-corrected chi connectivity index (χ1v) is 5.84. The van der Waals surface area contributed by atoms with Gasteiger partial charge in [-0.25, -0.2) is 0 Å². The van der Waals surface area contributed by atoms with Crippen molar-refractivity contribution in [2.45, 2.75) is 31.7 Å². The molecule has 0 aliphatic carbocycles. The van der Waals surface area contributed by atoms with E-state index in [0.29, 0.717) is 6.42 Å². The summed E-state index contributed by atoms with van der Waals surface area (Å²) in [6.45, 7) is 1.99. The van der Waals surface area contributed by atoms with Crippen molar-refractivity contribution in [1.82, 2.24) is 14.7 Å². The van der Waals surface area contributed by atoms with E-state index in [1.807, 2.05) is 6.92 Å². The van der Waals surface area contributed by atoms with Crippen LogP contribution in [0.5, 0.6) is 0 Å². The quantitative estimate of drug-likeness (QED) is 0.892. The summed E-state index contributed by atoms with van der Waals surface area (Å²) in [7, 11) is 0. The number of hydrogen-bond acceptors (Lipinski definition) is 3. The number of β-amino-alcohol motifs (C(OH)–C–C–N with tert-alkyl or cyclic N) is 1. The molecule has 2 heterocycles. The van der Waals surface area contributed by atoms with Crippen LogP contribution in [0.25, 0.3) is 0 Å². The Morgan fingerprint density at radius 3 is 2.63 bits per heavy atom. The van der Waals surface area contributed by atoms with Crippen molar-refractivity contribution in [3.05, 3.63) is 18.0 Å². The molecule has 8 heteroatoms. The first-order chi connectivity index (χ1) is 8.73. The zero-order valence-electron chi connectivity index (χ0n) is 10.3. The zero-order chi connectivity index (χ0) is 14.3. The summed E-state index contributed by atoms with van der Waals surface area (Å²) in [5, 5.41) is 13.1. The van der Waals surface area contributed by atoms with E-state index in [1.165, 1.54) is 4.90 Å². The van der Waals surface area contributed by atoms with Crippen molar-refractivity contribution in [2.75, 3.05) is 13.1 Å². The second-order valence-corrected chi connectivity index (χ2v) is 4.72. The molecule has 1 aromatic heterocycles. The molecule has 1 aromatic rings. The van der Waals surface area contributed by atoms with E-state index in [-0.39, 0.29) is 25.5 Å². The molecule has 1 fully saturated rings. The lowest BCUT2D eigenvalue weighted by Crippen LogP contribution is -2.63. The summed E-state index contributed by atoms with van der Waals surface area (Å²) in [4.78, 5) is 13.1. The van der Waals surface area contributed by atoms with Gasteiger partial charge in [0.05, 0.1) is 18.7 Å². The molecule has 1 N–H and O–H groups in total. The predicted molar refractivity (Wildman–Crippen MR) is 59.0 cm³/mol. The number of hydrogen-bond donors (Lipinski definition) is 1. The minimum Gasteiger partial charge on any atom is -0.386 e. The summed E-state index contributed by atoms with van der Waals surface area (Å²) in [6.07, 6.45) is -2.85. The Hall–Kier alpha value is -1.57. The maximum atomic E-state index is 12.3. The number of aliphatic hydroxyl groups is 1. The van der Waals surface area contributed by atoms with Crippen LogP contribution < -0.4 is 0 Å². The third kappa shape index (κ3) is 2.89. The predicted octanol–water partition coefficient (Wildman–Crippen LogP) is 0.885. The SMILES string of the molecule is CCC1(O)CN(C(=O)Cn2ccc(C(F)(F)F)n2)C1. The Labute approximate surface area is 107 Å². The normalized spacial score (nSPS) is 18.3. The summed E-state index contributed by atoms with van der Waals surface area (Å²) in [6, 6.07) is 0.825. The van der Waals surface area contributed by atoms with Gasteiger partial charge >= 0.3 is 6.18 Å². The van der Waals surface area contributed by atoms with Gasteiger partial charge in [-0.3, -0.25) is 9.48 Å². The summed E-state index contributed by atoms with van der Waals surface area (Å²) in [5.41, 5.74) is -1.87. The highest BCUT2D eigenvalue weighted by Crippen LogP contribution is 2.27. The van der Waals surface area contributed by atoms with Crippen molar-refractivity contribution in [1.29, 1.82) is 0 Å². The lowest BCUT2D eigenvalue weighted by atomic mass is 9.91. The molecule has 0 unspecified atom stereocenters. The van der Waals surface area contributed by atoms with Crippen LogP contribution in [0.3, 0.4) is 0 Å². The highest BCUT2D eigenvalue weighted by atomic mass is 19.4. The van der Waals surface area contributed by atoms with Gasteiger partial charge in [-0.05, 0) is 12.5 Å². The molecule has 1 aliphatic rings. The number of rotatable bonds is 3. The number of alkyl halides is 3. The van der Waals surface area contributed by atoms with Crippen LogP contribution in [0.15, 0.2) is 12.3 Å². The number of nitrogens with zero attached hydrogens (tertiary/aromatic N) is 3. The molecule has 19 heavy (non-hydrogen) atoms. The van der Waals surface area contributed by atoms with E-state index in [4.69, 9.17) is 0 Å². The van der Waals surface area contributed by atoms with Crippen molar-refractivity contribution in [2.24, 2.45) is 0 Å². The van der Waals surface area contributed by atoms with Gasteiger partial charge in [-0.2, -0.15) is 18.3 Å². The fourth-order valence-corrected chi connectivity index (χ4v) is 1.90. The second-order valence-electron chi connectivity index (χ2n) is 4.72. The van der Waals surface area contributed by atoms with Gasteiger partial charge in [0.1, 0.15) is 6.54 Å². The van der Waals surface area contributed by atoms with Crippen LogP contribution in [0.4, 0.5) is 13.2 Å². The Bertz CT molecular complexity index is 478. The summed E-state index contributed by atoms with van der Waals surface area (Å²) in [5.74, 6) is -0.352. The van der Waals surface area contributed by atoms with Crippen LogP contribution in [0, 0.1) is 0 Å². The van der Waals surface area contributed by atoms with Gasteiger partial charge in [0.2, 0.25) is 5.91 Å². The van der Waals surface area contributed by atoms with Crippen molar-refractivity contribution < 1.29 is 23.1 Å². The first kappa shape index (κ1) is 13.9. The molecule has 5 nitrogen and oxygen atoms in total. The third-order valence-electron chi connectivity index (χ3n) is 3.21. The molecule has 0 aromatic carbocycles. The second kappa shape index (κ2) is 4.52. The number of carbonyl (C=O) groups is 1.